The summed E-state index contributed by atoms with van der Waals surface area (Å²) in [5.41, 5.74) is 0.159. The van der Waals surface area contributed by atoms with Crippen LogP contribution in [0.5, 0.6) is 0 Å². The summed E-state index contributed by atoms with van der Waals surface area (Å²) in [6.45, 7) is 1.78. The van der Waals surface area contributed by atoms with Gasteiger partial charge in [0.15, 0.2) is 0 Å². The summed E-state index contributed by atoms with van der Waals surface area (Å²) in [6, 6.07) is 2.05. The molecular formula is C11H10Cl2N2O3S. The second-order valence-electron chi connectivity index (χ2n) is 3.97. The maximum Gasteiger partial charge on any atom is 0.327 e. The number of carbonyl (C=O) groups excluding carboxylic acids is 1. The number of carbonyl (C=O) groups is 2. The summed E-state index contributed by atoms with van der Waals surface area (Å²) in [6.07, 6.45) is 0. The first-order valence-electron chi connectivity index (χ1n) is 5.41. The van der Waals surface area contributed by atoms with Crippen molar-refractivity contribution in [1.82, 2.24) is 9.88 Å². The normalized spacial score (nSPS) is 22.6. The van der Waals surface area contributed by atoms with Crippen molar-refractivity contribution in [3.05, 3.63) is 28.0 Å². The Hall–Kier alpha value is -0.980. The Balaban J connectivity index is 2.34. The number of aromatic nitrogens is 1. The zero-order valence-electron chi connectivity index (χ0n) is 9.84. The predicted octanol–water partition coefficient (Wildman–Crippen LogP) is 2.38. The molecule has 8 heteroatoms. The Morgan fingerprint density at radius 1 is 1.47 bits per heavy atom. The van der Waals surface area contributed by atoms with E-state index >= 15 is 0 Å². The number of nitrogens with zero attached hydrogens (tertiary/aromatic N) is 2. The SMILES string of the molecule is CC1SCC(C(=O)O)N1C(=O)c1ccc(Cl)nc1Cl. The van der Waals surface area contributed by atoms with E-state index in [2.05, 4.69) is 4.98 Å². The number of hydrogen-bond donors (Lipinski definition) is 1. The molecule has 2 rings (SSSR count). The largest absolute Gasteiger partial charge is 0.480 e. The number of rotatable bonds is 2. The van der Waals surface area contributed by atoms with Gasteiger partial charge in [0, 0.05) is 5.75 Å². The molecule has 2 unspecified atom stereocenters. The van der Waals surface area contributed by atoms with Gasteiger partial charge in [-0.05, 0) is 19.1 Å². The maximum atomic E-state index is 12.4. The van der Waals surface area contributed by atoms with E-state index in [1.54, 1.807) is 6.92 Å². The molecule has 1 aromatic rings. The van der Waals surface area contributed by atoms with Crippen LogP contribution in [0.3, 0.4) is 0 Å². The second kappa shape index (κ2) is 5.56. The van der Waals surface area contributed by atoms with Crippen molar-refractivity contribution in [2.45, 2.75) is 18.3 Å². The average Bonchev–Trinajstić information content (AvgIpc) is 2.70. The van der Waals surface area contributed by atoms with Gasteiger partial charge in [0.2, 0.25) is 0 Å². The summed E-state index contributed by atoms with van der Waals surface area (Å²) in [5.74, 6) is -1.11. The number of halogens is 2. The van der Waals surface area contributed by atoms with E-state index in [4.69, 9.17) is 28.3 Å². The summed E-state index contributed by atoms with van der Waals surface area (Å²) in [5, 5.41) is 9.07. The van der Waals surface area contributed by atoms with E-state index in [0.29, 0.717) is 5.75 Å². The van der Waals surface area contributed by atoms with Crippen molar-refractivity contribution in [1.29, 1.82) is 0 Å². The van der Waals surface area contributed by atoms with Gasteiger partial charge in [-0.15, -0.1) is 11.8 Å². The third-order valence-electron chi connectivity index (χ3n) is 2.79. The Kier molecular flexibility index (Phi) is 4.23. The highest BCUT2D eigenvalue weighted by Gasteiger charge is 2.40. The van der Waals surface area contributed by atoms with Crippen LogP contribution in [0.2, 0.25) is 10.3 Å². The van der Waals surface area contributed by atoms with Crippen LogP contribution < -0.4 is 0 Å². The molecule has 0 saturated carbocycles. The third kappa shape index (κ3) is 2.80. The zero-order chi connectivity index (χ0) is 14.2. The number of thioether (sulfide) groups is 1. The molecule has 0 bridgehead atoms. The third-order valence-corrected chi connectivity index (χ3v) is 4.50. The Bertz CT molecular complexity index is 541. The van der Waals surface area contributed by atoms with Crippen molar-refractivity contribution < 1.29 is 14.7 Å². The summed E-state index contributed by atoms with van der Waals surface area (Å²) < 4.78 is 0. The standard InChI is InChI=1S/C11H10Cl2N2O3S/c1-5-15(7(4-19-5)11(17)18)10(16)6-2-3-8(12)14-9(6)13/h2-3,5,7H,4H2,1H3,(H,17,18). The van der Waals surface area contributed by atoms with Crippen molar-refractivity contribution in [3.63, 3.8) is 0 Å². The van der Waals surface area contributed by atoms with E-state index in [9.17, 15) is 9.59 Å². The summed E-state index contributed by atoms with van der Waals surface area (Å²) >= 11 is 13.0. The number of carboxylic acids is 1. The van der Waals surface area contributed by atoms with Crippen molar-refractivity contribution in [3.8, 4) is 0 Å². The smallest absolute Gasteiger partial charge is 0.327 e. The second-order valence-corrected chi connectivity index (χ2v) is 6.07. The Morgan fingerprint density at radius 3 is 2.74 bits per heavy atom. The van der Waals surface area contributed by atoms with Gasteiger partial charge in [-0.25, -0.2) is 9.78 Å². The molecule has 0 aliphatic carbocycles. The lowest BCUT2D eigenvalue weighted by Crippen LogP contribution is -2.44. The predicted molar refractivity (Wildman–Crippen MR) is 73.8 cm³/mol. The van der Waals surface area contributed by atoms with Gasteiger partial charge in [-0.1, -0.05) is 23.2 Å². The highest BCUT2D eigenvalue weighted by atomic mass is 35.5. The monoisotopic (exact) mass is 320 g/mol. The van der Waals surface area contributed by atoms with E-state index in [-0.39, 0.29) is 21.2 Å². The van der Waals surface area contributed by atoms with Gasteiger partial charge in [0.25, 0.3) is 5.91 Å². The fourth-order valence-electron chi connectivity index (χ4n) is 1.85. The molecule has 0 aromatic carbocycles. The van der Waals surface area contributed by atoms with Gasteiger partial charge in [-0.3, -0.25) is 4.79 Å². The quantitative estimate of drug-likeness (QED) is 0.847. The highest BCUT2D eigenvalue weighted by Crippen LogP contribution is 2.31. The van der Waals surface area contributed by atoms with Gasteiger partial charge < -0.3 is 10.0 Å². The van der Waals surface area contributed by atoms with Crippen LogP contribution in [-0.2, 0) is 4.79 Å². The molecule has 1 N–H and O–H groups in total. The lowest BCUT2D eigenvalue weighted by Gasteiger charge is -2.25. The summed E-state index contributed by atoms with van der Waals surface area (Å²) in [7, 11) is 0. The molecule has 1 fully saturated rings. The molecule has 1 amide bonds. The molecule has 102 valence electrons. The maximum absolute atomic E-state index is 12.4. The minimum absolute atomic E-state index is 0.0225. The molecule has 2 heterocycles. The van der Waals surface area contributed by atoms with Gasteiger partial charge in [0.1, 0.15) is 16.3 Å². The zero-order valence-corrected chi connectivity index (χ0v) is 12.2. The highest BCUT2D eigenvalue weighted by molar-refractivity contribution is 8.00. The van der Waals surface area contributed by atoms with Crippen molar-refractivity contribution in [2.24, 2.45) is 0 Å². The van der Waals surface area contributed by atoms with Crippen LogP contribution in [0, 0.1) is 0 Å². The molecule has 1 saturated heterocycles. The average molecular weight is 321 g/mol. The number of carboxylic acid groups (broad SMARTS) is 1. The van der Waals surface area contributed by atoms with Crippen LogP contribution >= 0.6 is 35.0 Å². The van der Waals surface area contributed by atoms with E-state index < -0.39 is 17.9 Å². The molecule has 2 atom stereocenters. The van der Waals surface area contributed by atoms with Crippen LogP contribution in [0.15, 0.2) is 12.1 Å². The minimum Gasteiger partial charge on any atom is -0.480 e. The number of hydrogen-bond acceptors (Lipinski definition) is 4. The number of amides is 1. The van der Waals surface area contributed by atoms with Crippen LogP contribution in [0.1, 0.15) is 17.3 Å². The number of aliphatic carboxylic acids is 1. The first-order chi connectivity index (χ1) is 8.91. The topological polar surface area (TPSA) is 70.5 Å². The molecule has 19 heavy (non-hydrogen) atoms. The fraction of sp³-hybridized carbons (Fsp3) is 0.364. The molecule has 0 spiro atoms. The summed E-state index contributed by atoms with van der Waals surface area (Å²) in [4.78, 5) is 28.6. The van der Waals surface area contributed by atoms with Crippen LogP contribution in [-0.4, -0.2) is 44.0 Å². The fourth-order valence-corrected chi connectivity index (χ4v) is 3.44. The molecule has 1 aliphatic rings. The van der Waals surface area contributed by atoms with E-state index in [1.807, 2.05) is 0 Å². The van der Waals surface area contributed by atoms with Crippen molar-refractivity contribution in [2.75, 3.05) is 5.75 Å². The number of pyridine rings is 1. The van der Waals surface area contributed by atoms with Crippen molar-refractivity contribution >= 4 is 46.8 Å². The molecule has 1 aromatic heterocycles. The first-order valence-corrected chi connectivity index (χ1v) is 7.21. The molecule has 0 radical (unpaired) electrons. The van der Waals surface area contributed by atoms with Gasteiger partial charge >= 0.3 is 5.97 Å². The molecule has 5 nitrogen and oxygen atoms in total. The van der Waals surface area contributed by atoms with Gasteiger partial charge in [0.05, 0.1) is 10.9 Å². The minimum atomic E-state index is -1.02. The lowest BCUT2D eigenvalue weighted by atomic mass is 10.2. The first kappa shape index (κ1) is 14.4. The molecular weight excluding hydrogens is 311 g/mol. The Morgan fingerprint density at radius 2 is 2.16 bits per heavy atom. The van der Waals surface area contributed by atoms with Gasteiger partial charge in [-0.2, -0.15) is 0 Å². The molecule has 1 aliphatic heterocycles. The van der Waals surface area contributed by atoms with E-state index in [1.165, 1.54) is 28.8 Å². The lowest BCUT2D eigenvalue weighted by molar-refractivity contribution is -0.141. The van der Waals surface area contributed by atoms with Crippen LogP contribution in [0.25, 0.3) is 0 Å². The van der Waals surface area contributed by atoms with Crippen LogP contribution in [0.4, 0.5) is 0 Å². The van der Waals surface area contributed by atoms with E-state index in [0.717, 1.165) is 0 Å². The Labute approximate surface area is 123 Å².